The van der Waals surface area contributed by atoms with E-state index < -0.39 is 17.5 Å². The highest BCUT2D eigenvalue weighted by molar-refractivity contribution is 6.31. The number of amides is 1. The summed E-state index contributed by atoms with van der Waals surface area (Å²) in [4.78, 5) is 17.1. The molecule has 0 radical (unpaired) electrons. The summed E-state index contributed by atoms with van der Waals surface area (Å²) in [6.07, 6.45) is 3.94. The quantitative estimate of drug-likeness (QED) is 0.256. The second-order valence-corrected chi connectivity index (χ2v) is 12.2. The Morgan fingerprint density at radius 3 is 2.56 bits per heavy atom. The number of rotatable bonds is 8. The van der Waals surface area contributed by atoms with Gasteiger partial charge in [0, 0.05) is 54.9 Å². The number of fused-ring (bicyclic) bond motifs is 1. The molecule has 12 heteroatoms. The van der Waals surface area contributed by atoms with Crippen molar-refractivity contribution in [3.8, 4) is 12.1 Å². The van der Waals surface area contributed by atoms with Gasteiger partial charge in [0.2, 0.25) is 5.91 Å². The number of carbonyl (C=O) groups is 1. The minimum atomic E-state index is -1.06. The van der Waals surface area contributed by atoms with Gasteiger partial charge in [-0.05, 0) is 29.2 Å². The van der Waals surface area contributed by atoms with Crippen molar-refractivity contribution in [2.75, 3.05) is 30.4 Å². The third kappa shape index (κ3) is 5.96. The van der Waals surface area contributed by atoms with Gasteiger partial charge in [-0.1, -0.05) is 55.8 Å². The van der Waals surface area contributed by atoms with Gasteiger partial charge >= 0.3 is 0 Å². The normalized spacial score (nSPS) is 15.3. The first-order chi connectivity index (χ1) is 20.6. The Bertz CT molecular complexity index is 1760. The summed E-state index contributed by atoms with van der Waals surface area (Å²) in [6, 6.07) is 14.7. The molecule has 0 unspecified atom stereocenters. The van der Waals surface area contributed by atoms with Gasteiger partial charge < -0.3 is 21.1 Å². The summed E-state index contributed by atoms with van der Waals surface area (Å²) in [5, 5.41) is 36.7. The number of nitrogens with two attached hydrogens (primary N) is 1. The number of nitriles is 2. The fraction of sp³-hybridized carbons (Fsp3) is 0.355. The molecule has 0 saturated carbocycles. The second kappa shape index (κ2) is 11.9. The Labute approximate surface area is 254 Å². The maximum Gasteiger partial charge on any atom is 0.245 e. The van der Waals surface area contributed by atoms with Crippen LogP contribution >= 0.6 is 11.6 Å². The summed E-state index contributed by atoms with van der Waals surface area (Å²) >= 11 is 6.68. The Hall–Kier alpha value is -4.71. The smallest absolute Gasteiger partial charge is 0.245 e. The predicted octanol–water partition coefficient (Wildman–Crippen LogP) is 4.87. The molecule has 5 rings (SSSR count). The van der Waals surface area contributed by atoms with Gasteiger partial charge in [0.05, 0.1) is 34.6 Å². The molecule has 3 heterocycles. The maximum atomic E-state index is 12.6. The summed E-state index contributed by atoms with van der Waals surface area (Å²) in [7, 11) is 0. The first-order valence-electron chi connectivity index (χ1n) is 13.9. The van der Waals surface area contributed by atoms with E-state index >= 15 is 0 Å². The monoisotopic (exact) mass is 597 g/mol. The van der Waals surface area contributed by atoms with Crippen molar-refractivity contribution in [2.45, 2.75) is 45.2 Å². The van der Waals surface area contributed by atoms with E-state index in [1.54, 1.807) is 18.3 Å². The number of benzene rings is 2. The molecule has 0 spiro atoms. The third-order valence-electron chi connectivity index (χ3n) is 7.56. The van der Waals surface area contributed by atoms with Gasteiger partial charge in [0.25, 0.3) is 0 Å². The van der Waals surface area contributed by atoms with Crippen molar-refractivity contribution >= 4 is 39.8 Å². The van der Waals surface area contributed by atoms with E-state index in [1.165, 1.54) is 10.9 Å². The number of anilines is 2. The number of nitrogens with one attached hydrogen (secondary N) is 2. The standard InChI is InChI=1S/C31H32ClN9O2/c1-30(2,3)18-37-27-20(15-34)16-36-26-19(14-33)12-21(13-23(26)27)38-28(22-6-4-5-7-24(22)32)25-17-41(40-39-25)31(29(35)42)8-10-43-11-9-31/h4-7,12-13,16-17,28,38H,8-11,18H2,1-3H3,(H2,35,42)(H,36,37)/t28-/m0/s1. The summed E-state index contributed by atoms with van der Waals surface area (Å²) < 4.78 is 7.00. The third-order valence-corrected chi connectivity index (χ3v) is 7.90. The lowest BCUT2D eigenvalue weighted by atomic mass is 9.89. The van der Waals surface area contributed by atoms with Crippen LogP contribution in [0.3, 0.4) is 0 Å². The minimum Gasteiger partial charge on any atom is -0.383 e. The molecule has 1 aliphatic rings. The number of hydrogen-bond acceptors (Lipinski definition) is 9. The molecular weight excluding hydrogens is 566 g/mol. The van der Waals surface area contributed by atoms with Gasteiger partial charge in [0.1, 0.15) is 23.4 Å². The zero-order valence-electron chi connectivity index (χ0n) is 24.2. The van der Waals surface area contributed by atoms with E-state index in [0.29, 0.717) is 82.3 Å². The van der Waals surface area contributed by atoms with Crippen LogP contribution in [-0.2, 0) is 15.1 Å². The van der Waals surface area contributed by atoms with Gasteiger partial charge in [-0.2, -0.15) is 10.5 Å². The number of carbonyl (C=O) groups excluding carboxylic acids is 1. The molecule has 11 nitrogen and oxygen atoms in total. The number of hydrogen-bond donors (Lipinski definition) is 3. The number of ether oxygens (including phenoxy) is 1. The van der Waals surface area contributed by atoms with Crippen molar-refractivity contribution in [1.29, 1.82) is 10.5 Å². The predicted molar refractivity (Wildman–Crippen MR) is 163 cm³/mol. The van der Waals surface area contributed by atoms with Crippen LogP contribution in [0.15, 0.2) is 48.8 Å². The molecular formula is C31H32ClN9O2. The Morgan fingerprint density at radius 1 is 1.19 bits per heavy atom. The first-order valence-corrected chi connectivity index (χ1v) is 14.3. The molecule has 1 aliphatic heterocycles. The van der Waals surface area contributed by atoms with E-state index in [9.17, 15) is 15.3 Å². The fourth-order valence-electron chi connectivity index (χ4n) is 5.20. The minimum absolute atomic E-state index is 0.0655. The number of aromatic nitrogens is 4. The largest absolute Gasteiger partial charge is 0.383 e. The molecule has 1 fully saturated rings. The van der Waals surface area contributed by atoms with Gasteiger partial charge in [-0.3, -0.25) is 9.78 Å². The van der Waals surface area contributed by atoms with Gasteiger partial charge in [-0.25, -0.2) is 4.68 Å². The van der Waals surface area contributed by atoms with Crippen LogP contribution in [0.1, 0.15) is 62.0 Å². The number of halogens is 1. The maximum absolute atomic E-state index is 12.6. The fourth-order valence-corrected chi connectivity index (χ4v) is 5.45. The van der Waals surface area contributed by atoms with Crippen LogP contribution in [0.2, 0.25) is 5.02 Å². The molecule has 1 atom stereocenters. The van der Waals surface area contributed by atoms with Gasteiger partial charge in [-0.15, -0.1) is 5.10 Å². The molecule has 1 amide bonds. The van der Waals surface area contributed by atoms with E-state index in [-0.39, 0.29) is 5.41 Å². The van der Waals surface area contributed by atoms with Gasteiger partial charge in [0.15, 0.2) is 0 Å². The van der Waals surface area contributed by atoms with Crippen molar-refractivity contribution in [3.63, 3.8) is 0 Å². The number of primary amides is 1. The van der Waals surface area contributed by atoms with E-state index in [2.05, 4.69) is 58.8 Å². The van der Waals surface area contributed by atoms with Crippen molar-refractivity contribution in [1.82, 2.24) is 20.0 Å². The molecule has 2 aromatic heterocycles. The number of pyridine rings is 1. The lowest BCUT2D eigenvalue weighted by molar-refractivity contribution is -0.132. The molecule has 2 aromatic carbocycles. The average molecular weight is 598 g/mol. The summed E-state index contributed by atoms with van der Waals surface area (Å²) in [5.41, 5.74) is 8.32. The highest BCUT2D eigenvalue weighted by atomic mass is 35.5. The van der Waals surface area contributed by atoms with Crippen LogP contribution < -0.4 is 16.4 Å². The SMILES string of the molecule is CC(C)(C)CNc1c(C#N)cnc2c(C#N)cc(N[C@H](c3cn(C4(C(N)=O)CCOCC4)nn3)c3ccccc3Cl)cc12. The molecule has 220 valence electrons. The Morgan fingerprint density at radius 2 is 1.91 bits per heavy atom. The zero-order valence-corrected chi connectivity index (χ0v) is 24.9. The Kier molecular flexibility index (Phi) is 8.23. The summed E-state index contributed by atoms with van der Waals surface area (Å²) in [6.45, 7) is 7.62. The topological polar surface area (TPSA) is 168 Å². The van der Waals surface area contributed by atoms with Crippen LogP contribution in [0.5, 0.6) is 0 Å². The van der Waals surface area contributed by atoms with Crippen LogP contribution in [0, 0.1) is 28.1 Å². The average Bonchev–Trinajstić information content (AvgIpc) is 3.49. The van der Waals surface area contributed by atoms with Crippen molar-refractivity contribution in [2.24, 2.45) is 11.1 Å². The summed E-state index contributed by atoms with van der Waals surface area (Å²) in [5.74, 6) is -0.501. The first kappa shape index (κ1) is 29.8. The van der Waals surface area contributed by atoms with E-state index in [4.69, 9.17) is 22.1 Å². The molecule has 0 aliphatic carbocycles. The van der Waals surface area contributed by atoms with Crippen LogP contribution in [-0.4, -0.2) is 45.6 Å². The zero-order chi connectivity index (χ0) is 30.8. The lowest BCUT2D eigenvalue weighted by Gasteiger charge is -2.33. The molecule has 43 heavy (non-hydrogen) atoms. The lowest BCUT2D eigenvalue weighted by Crippen LogP contribution is -2.50. The molecule has 0 bridgehead atoms. The van der Waals surface area contributed by atoms with Crippen molar-refractivity contribution in [3.05, 3.63) is 76.2 Å². The molecule has 1 saturated heterocycles. The van der Waals surface area contributed by atoms with E-state index in [0.717, 1.165) is 0 Å². The van der Waals surface area contributed by atoms with Crippen molar-refractivity contribution < 1.29 is 9.53 Å². The molecule has 4 N–H and O–H groups in total. The highest BCUT2D eigenvalue weighted by Gasteiger charge is 2.42. The molecule has 4 aromatic rings. The number of nitrogens with zero attached hydrogens (tertiary/aromatic N) is 6. The van der Waals surface area contributed by atoms with Crippen LogP contribution in [0.4, 0.5) is 11.4 Å². The van der Waals surface area contributed by atoms with E-state index in [1.807, 2.05) is 24.3 Å². The second-order valence-electron chi connectivity index (χ2n) is 11.8. The Balaban J connectivity index is 1.63. The van der Waals surface area contributed by atoms with Crippen LogP contribution in [0.25, 0.3) is 10.9 Å². The highest BCUT2D eigenvalue weighted by Crippen LogP contribution is 2.36.